The van der Waals surface area contributed by atoms with Crippen molar-refractivity contribution < 1.29 is 38.1 Å². The molecule has 0 aliphatic carbocycles. The highest BCUT2D eigenvalue weighted by molar-refractivity contribution is 5.79. The average molecular weight is 999 g/mol. The third-order valence-corrected chi connectivity index (χ3v) is 13.0. The van der Waals surface area contributed by atoms with Crippen LogP contribution >= 0.6 is 0 Å². The van der Waals surface area contributed by atoms with E-state index in [1.54, 1.807) is 0 Å². The van der Waals surface area contributed by atoms with Gasteiger partial charge in [-0.15, -0.1) is 0 Å². The van der Waals surface area contributed by atoms with Crippen LogP contribution < -0.4 is 0 Å². The number of hydrogen-bond donors (Lipinski definition) is 0. The number of rotatable bonds is 53. The van der Waals surface area contributed by atoms with Crippen molar-refractivity contribution in [2.24, 2.45) is 5.92 Å². The summed E-state index contributed by atoms with van der Waals surface area (Å²) < 4.78 is 22.6. The molecule has 0 aliphatic heterocycles. The van der Waals surface area contributed by atoms with Gasteiger partial charge in [-0.05, 0) is 117 Å². The third-order valence-electron chi connectivity index (χ3n) is 13.0. The highest BCUT2D eigenvalue weighted by Crippen LogP contribution is 2.19. The Labute approximate surface area is 437 Å². The summed E-state index contributed by atoms with van der Waals surface area (Å²) in [6.45, 7) is 7.86. The topological polar surface area (TPSA) is 108 Å². The second kappa shape index (κ2) is 54.6. The Bertz CT molecular complexity index is 1280. The van der Waals surface area contributed by atoms with Gasteiger partial charge in [0, 0.05) is 38.1 Å². The third kappa shape index (κ3) is 52.9. The van der Waals surface area contributed by atoms with E-state index in [0.717, 1.165) is 116 Å². The zero-order valence-corrected chi connectivity index (χ0v) is 46.9. The molecule has 0 aromatic heterocycles. The Morgan fingerprint density at radius 2 is 0.817 bits per heavy atom. The zero-order valence-electron chi connectivity index (χ0n) is 46.9. The fourth-order valence-corrected chi connectivity index (χ4v) is 8.47. The van der Waals surface area contributed by atoms with E-state index in [1.165, 1.54) is 96.3 Å². The van der Waals surface area contributed by atoms with Gasteiger partial charge >= 0.3 is 18.1 Å². The Morgan fingerprint density at radius 3 is 1.27 bits per heavy atom. The molecule has 0 saturated heterocycles. The van der Waals surface area contributed by atoms with Crippen molar-refractivity contribution in [3.05, 3.63) is 48.6 Å². The predicted molar refractivity (Wildman–Crippen MR) is 299 cm³/mol. The fourth-order valence-electron chi connectivity index (χ4n) is 8.47. The lowest BCUT2D eigenvalue weighted by Gasteiger charge is -2.19. The number of ether oxygens (including phenoxy) is 4. The van der Waals surface area contributed by atoms with Gasteiger partial charge in [0.15, 0.2) is 0 Å². The Morgan fingerprint density at radius 1 is 0.423 bits per heavy atom. The summed E-state index contributed by atoms with van der Waals surface area (Å²) in [4.78, 5) is 54.0. The van der Waals surface area contributed by atoms with E-state index in [-0.39, 0.29) is 50.4 Å². The van der Waals surface area contributed by atoms with Crippen molar-refractivity contribution >= 4 is 23.9 Å². The summed E-state index contributed by atoms with van der Waals surface area (Å²) in [7, 11) is 3.96. The maximum atomic E-state index is 13.5. The molecule has 0 bridgehead atoms. The molecule has 0 saturated carbocycles. The van der Waals surface area contributed by atoms with Crippen molar-refractivity contribution in [2.45, 2.75) is 277 Å². The first-order valence-corrected chi connectivity index (χ1v) is 29.6. The molecule has 9 nitrogen and oxygen atoms in total. The smallest absolute Gasteiger partial charge is 0.465 e. The first-order valence-electron chi connectivity index (χ1n) is 29.6. The number of ketones is 1. The molecule has 0 fully saturated rings. The maximum absolute atomic E-state index is 13.5. The monoisotopic (exact) mass is 998 g/mol. The molecular weight excluding hydrogens is 887 g/mol. The first kappa shape index (κ1) is 67.8. The molecule has 71 heavy (non-hydrogen) atoms. The van der Waals surface area contributed by atoms with E-state index < -0.39 is 18.2 Å². The number of carbonyl (C=O) groups excluding carboxylic acids is 4. The van der Waals surface area contributed by atoms with Crippen LogP contribution in [0.2, 0.25) is 0 Å². The number of hydrogen-bond acceptors (Lipinski definition) is 9. The minimum atomic E-state index is -0.682. The quantitative estimate of drug-likeness (QED) is 0.0255. The normalized spacial score (nSPS) is 12.4. The lowest BCUT2D eigenvalue weighted by atomic mass is 9.98. The van der Waals surface area contributed by atoms with E-state index >= 15 is 0 Å². The molecule has 0 heterocycles. The molecule has 0 aliphatic rings. The van der Waals surface area contributed by atoms with E-state index in [1.807, 2.05) is 19.0 Å². The van der Waals surface area contributed by atoms with Gasteiger partial charge in [0.2, 0.25) is 0 Å². The van der Waals surface area contributed by atoms with Gasteiger partial charge in [0.25, 0.3) is 0 Å². The van der Waals surface area contributed by atoms with Gasteiger partial charge in [-0.1, -0.05) is 191 Å². The average Bonchev–Trinajstić information content (AvgIpc) is 3.35. The summed E-state index contributed by atoms with van der Waals surface area (Å²) in [6.07, 6.45) is 56.4. The van der Waals surface area contributed by atoms with Crippen LogP contribution in [0.4, 0.5) is 4.79 Å². The van der Waals surface area contributed by atoms with Crippen LogP contribution in [0, 0.1) is 5.92 Å². The van der Waals surface area contributed by atoms with Crippen molar-refractivity contribution in [3.63, 3.8) is 0 Å². The molecule has 0 radical (unpaired) electrons. The Hall–Kier alpha value is -3.20. The summed E-state index contributed by atoms with van der Waals surface area (Å²) in [5.74, 6) is -1.02. The van der Waals surface area contributed by atoms with Gasteiger partial charge in [-0.2, -0.15) is 0 Å². The molecule has 9 heteroatoms. The largest absolute Gasteiger partial charge is 0.508 e. The molecule has 0 amide bonds. The summed E-state index contributed by atoms with van der Waals surface area (Å²) in [5, 5.41) is 0. The Balaban J connectivity index is 5.07. The highest BCUT2D eigenvalue weighted by atomic mass is 16.7. The zero-order chi connectivity index (χ0) is 51.9. The number of Topliss-reactive ketones (excluding diaryl/α,β-unsaturated/α-hetero) is 1. The van der Waals surface area contributed by atoms with Crippen molar-refractivity contribution in [1.82, 2.24) is 4.90 Å². The fraction of sp³-hybridized carbons (Fsp3) is 0.806. The number of esters is 2. The van der Waals surface area contributed by atoms with Crippen molar-refractivity contribution in [1.29, 1.82) is 0 Å². The van der Waals surface area contributed by atoms with Crippen molar-refractivity contribution in [3.8, 4) is 0 Å². The van der Waals surface area contributed by atoms with Gasteiger partial charge in [0.1, 0.15) is 11.9 Å². The van der Waals surface area contributed by atoms with Crippen molar-refractivity contribution in [2.75, 3.05) is 40.5 Å². The van der Waals surface area contributed by atoms with Crippen LogP contribution in [0.1, 0.15) is 271 Å². The van der Waals surface area contributed by atoms with Gasteiger partial charge in [-0.25, -0.2) is 4.79 Å². The van der Waals surface area contributed by atoms with Crippen LogP contribution in [0.15, 0.2) is 48.6 Å². The number of unbranched alkanes of at least 4 members (excludes halogenated alkanes) is 25. The van der Waals surface area contributed by atoms with Crippen LogP contribution in [0.5, 0.6) is 0 Å². The molecule has 0 aromatic rings. The lowest BCUT2D eigenvalue weighted by Crippen LogP contribution is -2.25. The van der Waals surface area contributed by atoms with E-state index in [0.29, 0.717) is 32.1 Å². The van der Waals surface area contributed by atoms with Gasteiger partial charge in [-0.3, -0.25) is 14.4 Å². The second-order valence-corrected chi connectivity index (χ2v) is 20.4. The number of nitrogens with zero attached hydrogens (tertiary/aromatic N) is 1. The van der Waals surface area contributed by atoms with Crippen LogP contribution in [0.25, 0.3) is 0 Å². The van der Waals surface area contributed by atoms with Gasteiger partial charge in [0.05, 0.1) is 19.8 Å². The molecule has 0 rings (SSSR count). The standard InChI is InChI=1S/C62H111NO8/c1-6-9-12-15-18-21-24-26-28-30-32-35-38-41-44-48-60(65)69-55-57(56-70-61(66)49-45-42-39-36-33-31-29-27-25-22-19-16-13-10-7-2)54-58(64)50-51-59(71-62(67)68-53-46-52-63(4)5)47-43-40-37-34-23-20-17-14-11-8-3/h18-19,21-22,26-29,57,59H,6-17,20,23-25,30-56H2,1-5H3/b21-18-,22-19-,28-26-,29-27-. The molecule has 1 atom stereocenters. The van der Waals surface area contributed by atoms with Crippen LogP contribution in [-0.4, -0.2) is 75.3 Å². The lowest BCUT2D eigenvalue weighted by molar-refractivity contribution is -0.150. The maximum Gasteiger partial charge on any atom is 0.508 e. The number of allylic oxidation sites excluding steroid dienone is 8. The summed E-state index contributed by atoms with van der Waals surface area (Å²) in [6, 6.07) is 0. The molecule has 0 N–H and O–H groups in total. The molecule has 412 valence electrons. The minimum absolute atomic E-state index is 0.0273. The molecular formula is C62H111NO8. The molecule has 0 aromatic carbocycles. The Kier molecular flexibility index (Phi) is 52.1. The molecule has 0 spiro atoms. The highest BCUT2D eigenvalue weighted by Gasteiger charge is 2.22. The summed E-state index contributed by atoms with van der Waals surface area (Å²) in [5.41, 5.74) is 0. The van der Waals surface area contributed by atoms with Crippen LogP contribution in [-0.2, 0) is 33.3 Å². The summed E-state index contributed by atoms with van der Waals surface area (Å²) >= 11 is 0. The molecule has 1 unspecified atom stereocenters. The van der Waals surface area contributed by atoms with Crippen LogP contribution in [0.3, 0.4) is 0 Å². The van der Waals surface area contributed by atoms with E-state index in [9.17, 15) is 19.2 Å². The first-order chi connectivity index (χ1) is 34.7. The SMILES string of the molecule is CCCCC/C=C\C/C=C\CCCCCCCC(=O)OCC(COC(=O)CCCCCCC/C=C\C/C=C\CCCCC)CC(=O)CCC(CCCCCCCCCCCC)OC(=O)OCCCN(C)C. The van der Waals surface area contributed by atoms with Gasteiger partial charge < -0.3 is 23.8 Å². The number of carbonyl (C=O) groups is 4. The van der Waals surface area contributed by atoms with E-state index in [4.69, 9.17) is 18.9 Å². The minimum Gasteiger partial charge on any atom is -0.465 e. The second-order valence-electron chi connectivity index (χ2n) is 20.4. The predicted octanol–water partition coefficient (Wildman–Crippen LogP) is 17.8. The van der Waals surface area contributed by atoms with E-state index in [2.05, 4.69) is 69.4 Å².